The first kappa shape index (κ1) is 25.7. The molecule has 0 aromatic rings. The zero-order chi connectivity index (χ0) is 21.9. The number of carbonyl (C=O) groups is 5. The van der Waals surface area contributed by atoms with Crippen molar-refractivity contribution in [3.8, 4) is 0 Å². The second-order valence-electron chi connectivity index (χ2n) is 6.66. The molecule has 0 saturated carbocycles. The van der Waals surface area contributed by atoms with E-state index in [1.54, 1.807) is 0 Å². The first-order valence-corrected chi connectivity index (χ1v) is 9.36. The van der Waals surface area contributed by atoms with Crippen LogP contribution < -0.4 is 27.4 Å². The lowest BCUT2D eigenvalue weighted by Crippen LogP contribution is -2.54. The fourth-order valence-electron chi connectivity index (χ4n) is 2.13. The van der Waals surface area contributed by atoms with Gasteiger partial charge in [0.05, 0.1) is 12.6 Å². The molecule has 11 nitrogen and oxygen atoms in total. The first-order chi connectivity index (χ1) is 13.0. The zero-order valence-electron chi connectivity index (χ0n) is 15.9. The highest BCUT2D eigenvalue weighted by atomic mass is 32.1. The largest absolute Gasteiger partial charge is 0.480 e. The second-order valence-corrected chi connectivity index (χ2v) is 7.03. The summed E-state index contributed by atoms with van der Waals surface area (Å²) in [4.78, 5) is 57.8. The lowest BCUT2D eigenvalue weighted by Gasteiger charge is -2.21. The van der Waals surface area contributed by atoms with E-state index in [9.17, 15) is 29.1 Å². The van der Waals surface area contributed by atoms with Gasteiger partial charge in [-0.05, 0) is 18.8 Å². The molecule has 0 aromatic carbocycles. The van der Waals surface area contributed by atoms with Crippen molar-refractivity contribution >= 4 is 42.2 Å². The molecule has 0 radical (unpaired) electrons. The molecule has 0 aliphatic rings. The molecule has 0 aromatic heterocycles. The number of primary amides is 1. The minimum Gasteiger partial charge on any atom is -0.480 e. The molecule has 0 spiro atoms. The number of thiol groups is 1. The van der Waals surface area contributed by atoms with Crippen molar-refractivity contribution in [2.75, 3.05) is 12.3 Å². The predicted molar refractivity (Wildman–Crippen MR) is 104 cm³/mol. The van der Waals surface area contributed by atoms with Gasteiger partial charge in [0, 0.05) is 12.2 Å². The summed E-state index contributed by atoms with van der Waals surface area (Å²) in [7, 11) is 0. The predicted octanol–water partition coefficient (Wildman–Crippen LogP) is -2.27. The van der Waals surface area contributed by atoms with Crippen LogP contribution in [0.4, 0.5) is 0 Å². The number of carboxylic acid groups (broad SMARTS) is 1. The number of hydrogen-bond acceptors (Lipinski definition) is 7. The number of carbonyl (C=O) groups excluding carboxylic acids is 4. The van der Waals surface area contributed by atoms with Crippen LogP contribution in [-0.2, 0) is 24.0 Å². The Kier molecular flexibility index (Phi) is 11.9. The van der Waals surface area contributed by atoms with Gasteiger partial charge in [-0.25, -0.2) is 4.79 Å². The molecular weight excluding hydrogens is 390 g/mol. The number of carboxylic acids is 1. The topological polar surface area (TPSA) is 194 Å². The summed E-state index contributed by atoms with van der Waals surface area (Å²) in [5.41, 5.74) is 10.5. The fourth-order valence-corrected chi connectivity index (χ4v) is 2.39. The molecule has 3 unspecified atom stereocenters. The lowest BCUT2D eigenvalue weighted by molar-refractivity contribution is -0.142. The van der Waals surface area contributed by atoms with Crippen LogP contribution >= 0.6 is 12.6 Å². The molecule has 0 rings (SSSR count). The molecule has 3 atom stereocenters. The molecule has 0 fully saturated rings. The smallest absolute Gasteiger partial charge is 0.326 e. The van der Waals surface area contributed by atoms with Crippen LogP contribution in [0.3, 0.4) is 0 Å². The first-order valence-electron chi connectivity index (χ1n) is 8.72. The van der Waals surface area contributed by atoms with Gasteiger partial charge < -0.3 is 32.5 Å². The van der Waals surface area contributed by atoms with Gasteiger partial charge >= 0.3 is 5.97 Å². The van der Waals surface area contributed by atoms with Gasteiger partial charge in [0.2, 0.25) is 23.6 Å². The summed E-state index contributed by atoms with van der Waals surface area (Å²) in [6.07, 6.45) is 0.203. The van der Waals surface area contributed by atoms with E-state index in [0.717, 1.165) is 0 Å². The average Bonchev–Trinajstić information content (AvgIpc) is 2.60. The maximum Gasteiger partial charge on any atom is 0.326 e. The highest BCUT2D eigenvalue weighted by Gasteiger charge is 2.26. The van der Waals surface area contributed by atoms with E-state index in [2.05, 4.69) is 28.6 Å². The molecule has 0 saturated heterocycles. The number of aliphatic carboxylic acids is 1. The third kappa shape index (κ3) is 10.7. The van der Waals surface area contributed by atoms with Crippen LogP contribution in [-0.4, -0.2) is 65.1 Å². The molecule has 4 amide bonds. The summed E-state index contributed by atoms with van der Waals surface area (Å²) >= 11 is 3.99. The Hall–Kier alpha value is -2.34. The molecule has 28 heavy (non-hydrogen) atoms. The van der Waals surface area contributed by atoms with Crippen molar-refractivity contribution in [3.63, 3.8) is 0 Å². The van der Waals surface area contributed by atoms with Gasteiger partial charge in [-0.15, -0.1) is 0 Å². The molecule has 0 aliphatic heterocycles. The van der Waals surface area contributed by atoms with Crippen molar-refractivity contribution in [2.24, 2.45) is 17.4 Å². The SMILES string of the molecule is CC(C)CC(NC(=O)C(CS)NC(=O)CNC(=O)C(N)CCC(N)=O)C(=O)O. The van der Waals surface area contributed by atoms with Crippen molar-refractivity contribution < 1.29 is 29.1 Å². The Bertz CT molecular complexity index is 586. The Balaban J connectivity index is 4.57. The van der Waals surface area contributed by atoms with Gasteiger partial charge in [-0.3, -0.25) is 19.2 Å². The summed E-state index contributed by atoms with van der Waals surface area (Å²) < 4.78 is 0. The van der Waals surface area contributed by atoms with Crippen LogP contribution in [0.15, 0.2) is 0 Å². The van der Waals surface area contributed by atoms with Gasteiger partial charge in [0.25, 0.3) is 0 Å². The van der Waals surface area contributed by atoms with E-state index in [0.29, 0.717) is 0 Å². The van der Waals surface area contributed by atoms with Crippen LogP contribution in [0.25, 0.3) is 0 Å². The number of nitrogens with one attached hydrogen (secondary N) is 3. The van der Waals surface area contributed by atoms with Crippen LogP contribution in [0.5, 0.6) is 0 Å². The fraction of sp³-hybridized carbons (Fsp3) is 0.688. The molecule has 0 bridgehead atoms. The van der Waals surface area contributed by atoms with E-state index in [1.165, 1.54) is 0 Å². The van der Waals surface area contributed by atoms with E-state index in [4.69, 9.17) is 11.5 Å². The van der Waals surface area contributed by atoms with Crippen molar-refractivity contribution in [1.29, 1.82) is 0 Å². The van der Waals surface area contributed by atoms with Gasteiger partial charge in [0.15, 0.2) is 0 Å². The van der Waals surface area contributed by atoms with Gasteiger partial charge in [-0.2, -0.15) is 12.6 Å². The maximum absolute atomic E-state index is 12.2. The van der Waals surface area contributed by atoms with E-state index < -0.39 is 54.3 Å². The van der Waals surface area contributed by atoms with Crippen LogP contribution in [0.1, 0.15) is 33.1 Å². The average molecular weight is 420 g/mol. The number of nitrogens with two attached hydrogens (primary N) is 2. The second kappa shape index (κ2) is 12.9. The number of rotatable bonds is 13. The van der Waals surface area contributed by atoms with Crippen LogP contribution in [0.2, 0.25) is 0 Å². The number of hydrogen-bond donors (Lipinski definition) is 7. The third-order valence-electron chi connectivity index (χ3n) is 3.62. The lowest BCUT2D eigenvalue weighted by atomic mass is 10.0. The summed E-state index contributed by atoms with van der Waals surface area (Å²) in [6, 6.07) is -3.17. The van der Waals surface area contributed by atoms with Gasteiger partial charge in [0.1, 0.15) is 12.1 Å². The minimum atomic E-state index is -1.18. The Morgan fingerprint density at radius 1 is 1.04 bits per heavy atom. The monoisotopic (exact) mass is 419 g/mol. The van der Waals surface area contributed by atoms with Crippen molar-refractivity contribution in [1.82, 2.24) is 16.0 Å². The Labute approximate surface area is 168 Å². The third-order valence-corrected chi connectivity index (χ3v) is 3.98. The highest BCUT2D eigenvalue weighted by Crippen LogP contribution is 2.05. The highest BCUT2D eigenvalue weighted by molar-refractivity contribution is 7.80. The van der Waals surface area contributed by atoms with E-state index in [-0.39, 0.29) is 30.9 Å². The maximum atomic E-state index is 12.2. The summed E-state index contributed by atoms with van der Waals surface area (Å²) in [6.45, 7) is 3.18. The summed E-state index contributed by atoms with van der Waals surface area (Å²) in [5.74, 6) is -3.83. The van der Waals surface area contributed by atoms with Crippen molar-refractivity contribution in [2.45, 2.75) is 51.2 Å². The molecular formula is C16H29N5O6S. The molecule has 160 valence electrons. The molecule has 8 N–H and O–H groups in total. The minimum absolute atomic E-state index is 0.0386. The standard InChI is InChI=1S/C16H29N5O6S/c1-8(2)5-10(16(26)27)21-15(25)11(7-28)20-13(23)6-19-14(24)9(17)3-4-12(18)22/h8-11,28H,3-7,17H2,1-2H3,(H2,18,22)(H,19,24)(H,20,23)(H,21,25)(H,26,27). The van der Waals surface area contributed by atoms with E-state index >= 15 is 0 Å². The van der Waals surface area contributed by atoms with Crippen LogP contribution in [0, 0.1) is 5.92 Å². The number of amides is 4. The Morgan fingerprint density at radius 3 is 2.11 bits per heavy atom. The van der Waals surface area contributed by atoms with Crippen molar-refractivity contribution in [3.05, 3.63) is 0 Å². The quantitative estimate of drug-likeness (QED) is 0.163. The Morgan fingerprint density at radius 2 is 1.64 bits per heavy atom. The molecule has 0 heterocycles. The summed E-state index contributed by atoms with van der Waals surface area (Å²) in [5, 5.41) is 16.2. The van der Waals surface area contributed by atoms with E-state index in [1.807, 2.05) is 13.8 Å². The molecule has 0 aliphatic carbocycles. The molecule has 12 heteroatoms. The van der Waals surface area contributed by atoms with Gasteiger partial charge in [-0.1, -0.05) is 13.8 Å². The zero-order valence-corrected chi connectivity index (χ0v) is 16.8. The normalized spacial score (nSPS) is 13.9.